The van der Waals surface area contributed by atoms with Crippen LogP contribution in [0.5, 0.6) is 11.6 Å². The zero-order chi connectivity index (χ0) is 15.5. The monoisotopic (exact) mass is 361 g/mol. The molecular formula is C13H11BrF3N3O. The maximum absolute atomic E-state index is 12.9. The molecule has 0 unspecified atom stereocenters. The van der Waals surface area contributed by atoms with Gasteiger partial charge >= 0.3 is 6.18 Å². The number of alkyl halides is 3. The predicted octanol–water partition coefficient (Wildman–Crippen LogP) is 4.48. The number of ether oxygens (including phenoxy) is 1. The first-order valence-electron chi connectivity index (χ1n) is 6.02. The van der Waals surface area contributed by atoms with Gasteiger partial charge in [-0.2, -0.15) is 18.2 Å². The Kier molecular flexibility index (Phi) is 4.66. The van der Waals surface area contributed by atoms with Gasteiger partial charge in [0, 0.05) is 6.54 Å². The van der Waals surface area contributed by atoms with Gasteiger partial charge in [0.15, 0.2) is 0 Å². The van der Waals surface area contributed by atoms with Gasteiger partial charge in [-0.3, -0.25) is 0 Å². The minimum atomic E-state index is -4.50. The lowest BCUT2D eigenvalue weighted by atomic mass is 10.2. The van der Waals surface area contributed by atoms with Crippen LogP contribution in [0.3, 0.4) is 0 Å². The van der Waals surface area contributed by atoms with E-state index in [0.29, 0.717) is 11.0 Å². The minimum absolute atomic E-state index is 0.0117. The molecule has 1 heterocycles. The predicted molar refractivity (Wildman–Crippen MR) is 75.4 cm³/mol. The second kappa shape index (κ2) is 6.30. The molecule has 2 aromatic rings. The van der Waals surface area contributed by atoms with Gasteiger partial charge in [-0.1, -0.05) is 12.1 Å². The lowest BCUT2D eigenvalue weighted by Gasteiger charge is -2.14. The Labute approximate surface area is 127 Å². The van der Waals surface area contributed by atoms with Crippen LogP contribution < -0.4 is 10.1 Å². The number of nitrogens with zero attached hydrogens (tertiary/aromatic N) is 2. The molecule has 0 saturated carbocycles. The van der Waals surface area contributed by atoms with Crippen LogP contribution in [0.2, 0.25) is 0 Å². The zero-order valence-corrected chi connectivity index (χ0v) is 12.5. The third kappa shape index (κ3) is 3.84. The molecule has 4 nitrogen and oxygen atoms in total. The molecule has 0 aliphatic carbocycles. The maximum atomic E-state index is 12.9. The second-order valence-corrected chi connectivity index (χ2v) is 4.83. The fraction of sp³-hybridized carbons (Fsp3) is 0.231. The molecule has 0 amide bonds. The molecule has 8 heteroatoms. The number of para-hydroxylation sites is 1. The van der Waals surface area contributed by atoms with E-state index in [1.165, 1.54) is 24.4 Å². The fourth-order valence-corrected chi connectivity index (χ4v) is 1.83. The number of nitrogens with one attached hydrogen (secondary N) is 1. The quantitative estimate of drug-likeness (QED) is 0.871. The first-order chi connectivity index (χ1) is 9.91. The molecule has 1 aromatic heterocycles. The van der Waals surface area contributed by atoms with E-state index in [9.17, 15) is 13.2 Å². The van der Waals surface area contributed by atoms with Crippen LogP contribution in [-0.2, 0) is 6.18 Å². The van der Waals surface area contributed by atoms with Crippen molar-refractivity contribution in [2.75, 3.05) is 11.9 Å². The first-order valence-corrected chi connectivity index (χ1v) is 6.81. The Bertz CT molecular complexity index is 634. The smallest absolute Gasteiger partial charge is 0.419 e. The van der Waals surface area contributed by atoms with Crippen molar-refractivity contribution >= 4 is 21.9 Å². The molecule has 1 aromatic carbocycles. The summed E-state index contributed by atoms with van der Waals surface area (Å²) in [6, 6.07) is 4.96. The van der Waals surface area contributed by atoms with Crippen LogP contribution in [0.15, 0.2) is 34.9 Å². The molecular weight excluding hydrogens is 351 g/mol. The van der Waals surface area contributed by atoms with Crippen molar-refractivity contribution in [3.63, 3.8) is 0 Å². The lowest BCUT2D eigenvalue weighted by molar-refractivity contribution is -0.138. The molecule has 0 radical (unpaired) electrons. The number of aromatic nitrogens is 2. The van der Waals surface area contributed by atoms with E-state index in [-0.39, 0.29) is 17.6 Å². The standard InChI is InChI=1S/C13H11BrF3N3O/c1-2-18-12-19-7-9(14)11(20-12)21-10-6-4-3-5-8(10)13(15,16)17/h3-7H,2H2,1H3,(H,18,19,20). The highest BCUT2D eigenvalue weighted by molar-refractivity contribution is 9.10. The van der Waals surface area contributed by atoms with Gasteiger partial charge in [-0.15, -0.1) is 0 Å². The molecule has 1 N–H and O–H groups in total. The average molecular weight is 362 g/mol. The van der Waals surface area contributed by atoms with Crippen molar-refractivity contribution in [3.05, 3.63) is 40.5 Å². The summed E-state index contributed by atoms with van der Waals surface area (Å²) >= 11 is 3.16. The van der Waals surface area contributed by atoms with Gasteiger partial charge in [0.25, 0.3) is 0 Å². The van der Waals surface area contributed by atoms with Crippen molar-refractivity contribution in [1.82, 2.24) is 9.97 Å². The van der Waals surface area contributed by atoms with Crippen LogP contribution in [0.1, 0.15) is 12.5 Å². The molecule has 112 valence electrons. The van der Waals surface area contributed by atoms with Crippen LogP contribution in [-0.4, -0.2) is 16.5 Å². The molecule has 0 aliphatic heterocycles. The number of rotatable bonds is 4. The number of benzene rings is 1. The Balaban J connectivity index is 2.36. The van der Waals surface area contributed by atoms with Crippen molar-refractivity contribution in [2.45, 2.75) is 13.1 Å². The summed E-state index contributed by atoms with van der Waals surface area (Å²) in [5, 5.41) is 2.86. The highest BCUT2D eigenvalue weighted by Gasteiger charge is 2.34. The lowest BCUT2D eigenvalue weighted by Crippen LogP contribution is -2.08. The number of hydrogen-bond acceptors (Lipinski definition) is 4. The normalized spacial score (nSPS) is 11.3. The van der Waals surface area contributed by atoms with Gasteiger partial charge in [-0.25, -0.2) is 4.98 Å². The van der Waals surface area contributed by atoms with Gasteiger partial charge < -0.3 is 10.1 Å². The van der Waals surface area contributed by atoms with Crippen LogP contribution in [0.4, 0.5) is 19.1 Å². The van der Waals surface area contributed by atoms with Gasteiger partial charge in [0.1, 0.15) is 5.75 Å². The molecule has 0 aliphatic rings. The van der Waals surface area contributed by atoms with Gasteiger partial charge in [-0.05, 0) is 35.0 Å². The summed E-state index contributed by atoms with van der Waals surface area (Å²) in [7, 11) is 0. The van der Waals surface area contributed by atoms with Gasteiger partial charge in [0.05, 0.1) is 16.2 Å². The molecule has 0 fully saturated rings. The first kappa shape index (κ1) is 15.6. The van der Waals surface area contributed by atoms with E-state index in [4.69, 9.17) is 4.74 Å². The largest absolute Gasteiger partial charge is 0.437 e. The Morgan fingerprint density at radius 1 is 1.29 bits per heavy atom. The van der Waals surface area contributed by atoms with Crippen molar-refractivity contribution in [1.29, 1.82) is 0 Å². The third-order valence-electron chi connectivity index (χ3n) is 2.45. The number of hydrogen-bond donors (Lipinski definition) is 1. The third-order valence-corrected chi connectivity index (χ3v) is 2.99. The summed E-state index contributed by atoms with van der Waals surface area (Å²) in [6.07, 6.45) is -3.09. The summed E-state index contributed by atoms with van der Waals surface area (Å²) in [4.78, 5) is 7.99. The van der Waals surface area contributed by atoms with Crippen molar-refractivity contribution in [2.24, 2.45) is 0 Å². The highest BCUT2D eigenvalue weighted by Crippen LogP contribution is 2.38. The molecule has 21 heavy (non-hydrogen) atoms. The molecule has 0 bridgehead atoms. The van der Waals surface area contributed by atoms with E-state index >= 15 is 0 Å². The van der Waals surface area contributed by atoms with Crippen molar-refractivity contribution < 1.29 is 17.9 Å². The van der Waals surface area contributed by atoms with Crippen LogP contribution in [0, 0.1) is 0 Å². The summed E-state index contributed by atoms with van der Waals surface area (Å²) < 4.78 is 44.4. The SMILES string of the molecule is CCNc1ncc(Br)c(Oc2ccccc2C(F)(F)F)n1. The Hall–Kier alpha value is -1.83. The molecule has 0 spiro atoms. The Morgan fingerprint density at radius 3 is 2.67 bits per heavy atom. The van der Waals surface area contributed by atoms with E-state index in [2.05, 4.69) is 31.2 Å². The summed E-state index contributed by atoms with van der Waals surface area (Å²) in [6.45, 7) is 2.44. The highest BCUT2D eigenvalue weighted by atomic mass is 79.9. The van der Waals surface area contributed by atoms with Crippen LogP contribution >= 0.6 is 15.9 Å². The van der Waals surface area contributed by atoms with E-state index in [1.54, 1.807) is 0 Å². The molecule has 0 atom stereocenters. The Morgan fingerprint density at radius 2 is 2.00 bits per heavy atom. The van der Waals surface area contributed by atoms with Crippen LogP contribution in [0.25, 0.3) is 0 Å². The summed E-state index contributed by atoms with van der Waals surface area (Å²) in [5.41, 5.74) is -0.861. The molecule has 0 saturated heterocycles. The minimum Gasteiger partial charge on any atom is -0.437 e. The average Bonchev–Trinajstić information content (AvgIpc) is 2.42. The van der Waals surface area contributed by atoms with Gasteiger partial charge in [0.2, 0.25) is 11.8 Å². The van der Waals surface area contributed by atoms with E-state index < -0.39 is 11.7 Å². The second-order valence-electron chi connectivity index (χ2n) is 3.97. The van der Waals surface area contributed by atoms with Crippen molar-refractivity contribution in [3.8, 4) is 11.6 Å². The number of anilines is 1. The molecule has 2 rings (SSSR count). The summed E-state index contributed by atoms with van der Waals surface area (Å²) in [5.74, 6) is -0.0234. The number of halogens is 4. The fourth-order valence-electron chi connectivity index (χ4n) is 1.56. The van der Waals surface area contributed by atoms with E-state index in [0.717, 1.165) is 6.07 Å². The topological polar surface area (TPSA) is 47.0 Å². The van der Waals surface area contributed by atoms with E-state index in [1.807, 2.05) is 6.92 Å². The zero-order valence-electron chi connectivity index (χ0n) is 10.9. The maximum Gasteiger partial charge on any atom is 0.419 e.